The van der Waals surface area contributed by atoms with E-state index in [4.69, 9.17) is 0 Å². The minimum absolute atomic E-state index is 0. The van der Waals surface area contributed by atoms with Gasteiger partial charge in [0.25, 0.3) is 0 Å². The Morgan fingerprint density at radius 2 is 2.43 bits per heavy atom. The predicted molar refractivity (Wildman–Crippen MR) is 26.5 cm³/mol. The van der Waals surface area contributed by atoms with Gasteiger partial charge >= 0.3 is 0 Å². The molecule has 0 aliphatic carbocycles. The van der Waals surface area contributed by atoms with Crippen molar-refractivity contribution in [3.05, 3.63) is 12.7 Å². The van der Waals surface area contributed by atoms with Gasteiger partial charge in [0.2, 0.25) is 0 Å². The van der Waals surface area contributed by atoms with Crippen molar-refractivity contribution in [2.75, 3.05) is 6.61 Å². The van der Waals surface area contributed by atoms with Crippen LogP contribution in [0.15, 0.2) is 12.7 Å². The minimum atomic E-state index is -1.04. The molecule has 0 saturated heterocycles. The molecule has 0 spiro atoms. The topological polar surface area (TPSA) is 26.3 Å². The van der Waals surface area contributed by atoms with Crippen LogP contribution in [-0.2, 0) is 28.6 Å². The molecule has 38 valence electrons. The van der Waals surface area contributed by atoms with Gasteiger partial charge in [0.05, 0.1) is 6.61 Å². The standard InChI is InChI=1S/C3H7O2P.Zn/c1-2-3-5-6-4;/h2H,1,3,6H2;. The quantitative estimate of drug-likeness (QED) is 0.272. The number of rotatable bonds is 3. The molecule has 0 rings (SSSR count). The average Bonchev–Trinajstić information content (AvgIpc) is 1.61. The molecule has 0 aliphatic rings. The van der Waals surface area contributed by atoms with Crippen LogP contribution in [0.1, 0.15) is 0 Å². The van der Waals surface area contributed by atoms with E-state index in [0.29, 0.717) is 6.61 Å². The monoisotopic (exact) mass is 170 g/mol. The van der Waals surface area contributed by atoms with Crippen molar-refractivity contribution in [1.29, 1.82) is 0 Å². The normalized spacial score (nSPS) is 8.57. The smallest absolute Gasteiger partial charge is 0.180 e. The molecule has 0 heterocycles. The first-order chi connectivity index (χ1) is 2.91. The Morgan fingerprint density at radius 1 is 1.86 bits per heavy atom. The van der Waals surface area contributed by atoms with Crippen LogP contribution >= 0.6 is 8.69 Å². The summed E-state index contributed by atoms with van der Waals surface area (Å²) in [5, 5.41) is 0. The SMILES string of the molecule is C=CCO[PH2]=O.[Zn]. The maximum absolute atomic E-state index is 9.50. The molecule has 0 aromatic heterocycles. The second-order valence-electron chi connectivity index (χ2n) is 0.718. The summed E-state index contributed by atoms with van der Waals surface area (Å²) < 4.78 is 13.9. The molecule has 4 heteroatoms. The van der Waals surface area contributed by atoms with Crippen LogP contribution in [0.3, 0.4) is 0 Å². The van der Waals surface area contributed by atoms with E-state index in [9.17, 15) is 4.57 Å². The first kappa shape index (κ1) is 10.5. The van der Waals surface area contributed by atoms with Crippen LogP contribution in [0.25, 0.3) is 0 Å². The predicted octanol–water partition coefficient (Wildman–Crippen LogP) is 0.858. The van der Waals surface area contributed by atoms with Gasteiger partial charge in [-0.05, 0) is 0 Å². The fourth-order valence-corrected chi connectivity index (χ4v) is 0.322. The summed E-state index contributed by atoms with van der Waals surface area (Å²) in [5.74, 6) is 0. The van der Waals surface area contributed by atoms with Crippen LogP contribution in [0.5, 0.6) is 0 Å². The summed E-state index contributed by atoms with van der Waals surface area (Å²) in [5.41, 5.74) is 0. The van der Waals surface area contributed by atoms with Crippen molar-refractivity contribution >= 4 is 8.69 Å². The minimum Gasteiger partial charge on any atom is -0.328 e. The Labute approximate surface area is 57.0 Å². The maximum Gasteiger partial charge on any atom is 0.180 e. The molecule has 0 N–H and O–H groups in total. The molecular weight excluding hydrogens is 164 g/mol. The molecule has 2 nitrogen and oxygen atoms in total. The fourth-order valence-electron chi connectivity index (χ4n) is 0.107. The van der Waals surface area contributed by atoms with Crippen molar-refractivity contribution in [2.45, 2.75) is 0 Å². The van der Waals surface area contributed by atoms with E-state index in [1.54, 1.807) is 6.08 Å². The third kappa shape index (κ3) is 10.8. The zero-order valence-corrected chi connectivity index (χ0v) is 8.21. The van der Waals surface area contributed by atoms with Crippen molar-refractivity contribution in [2.24, 2.45) is 0 Å². The van der Waals surface area contributed by atoms with Gasteiger partial charge in [-0.25, -0.2) is 0 Å². The molecule has 0 radical (unpaired) electrons. The molecule has 0 amide bonds. The van der Waals surface area contributed by atoms with Crippen molar-refractivity contribution in [3.8, 4) is 0 Å². The van der Waals surface area contributed by atoms with Crippen molar-refractivity contribution in [1.82, 2.24) is 0 Å². The van der Waals surface area contributed by atoms with Gasteiger partial charge < -0.3 is 4.52 Å². The summed E-state index contributed by atoms with van der Waals surface area (Å²) in [7, 11) is -1.04. The average molecular weight is 171 g/mol. The Morgan fingerprint density at radius 3 is 2.57 bits per heavy atom. The van der Waals surface area contributed by atoms with Gasteiger partial charge in [-0.3, -0.25) is 4.57 Å². The Kier molecular flexibility index (Phi) is 14.6. The molecule has 0 aromatic carbocycles. The second-order valence-corrected chi connectivity index (χ2v) is 1.24. The van der Waals surface area contributed by atoms with Crippen molar-refractivity contribution in [3.63, 3.8) is 0 Å². The molecule has 0 saturated carbocycles. The third-order valence-electron chi connectivity index (χ3n) is 0.282. The van der Waals surface area contributed by atoms with Crippen LogP contribution in [0.4, 0.5) is 0 Å². The first-order valence-corrected chi connectivity index (χ1v) is 2.52. The second kappa shape index (κ2) is 9.75. The molecular formula is C3H7O2PZn. The molecule has 0 bridgehead atoms. The van der Waals surface area contributed by atoms with E-state index in [-0.39, 0.29) is 19.5 Å². The van der Waals surface area contributed by atoms with Gasteiger partial charge in [0.15, 0.2) is 8.69 Å². The fraction of sp³-hybridized carbons (Fsp3) is 0.333. The molecule has 0 aromatic rings. The molecule has 0 aliphatic heterocycles. The summed E-state index contributed by atoms with van der Waals surface area (Å²) >= 11 is 0. The van der Waals surface area contributed by atoms with E-state index in [0.717, 1.165) is 0 Å². The van der Waals surface area contributed by atoms with Gasteiger partial charge in [0, 0.05) is 19.5 Å². The van der Waals surface area contributed by atoms with Gasteiger partial charge in [0.1, 0.15) is 0 Å². The van der Waals surface area contributed by atoms with Crippen LogP contribution in [-0.4, -0.2) is 6.61 Å². The number of hydrogen-bond donors (Lipinski definition) is 0. The molecule has 1 unspecified atom stereocenters. The van der Waals surface area contributed by atoms with Crippen LogP contribution in [0, 0.1) is 0 Å². The third-order valence-corrected chi connectivity index (χ3v) is 0.611. The Bertz CT molecular complexity index is 48.9. The van der Waals surface area contributed by atoms with E-state index in [2.05, 4.69) is 11.1 Å². The van der Waals surface area contributed by atoms with Gasteiger partial charge in [-0.1, -0.05) is 6.08 Å². The number of hydrogen-bond acceptors (Lipinski definition) is 2. The van der Waals surface area contributed by atoms with Gasteiger partial charge in [-0.2, -0.15) is 0 Å². The zero-order chi connectivity index (χ0) is 4.83. The summed E-state index contributed by atoms with van der Waals surface area (Å²) in [6.45, 7) is 3.75. The van der Waals surface area contributed by atoms with E-state index >= 15 is 0 Å². The van der Waals surface area contributed by atoms with Gasteiger partial charge in [-0.15, -0.1) is 6.58 Å². The zero-order valence-electron chi connectivity index (χ0n) is 4.09. The van der Waals surface area contributed by atoms with Crippen molar-refractivity contribution < 1.29 is 28.6 Å². The summed E-state index contributed by atoms with van der Waals surface area (Å²) in [6, 6.07) is 0. The molecule has 7 heavy (non-hydrogen) atoms. The van der Waals surface area contributed by atoms with Crippen LogP contribution in [0.2, 0.25) is 0 Å². The van der Waals surface area contributed by atoms with E-state index in [1.807, 2.05) is 0 Å². The van der Waals surface area contributed by atoms with E-state index in [1.165, 1.54) is 0 Å². The summed E-state index contributed by atoms with van der Waals surface area (Å²) in [4.78, 5) is 0. The van der Waals surface area contributed by atoms with E-state index < -0.39 is 8.69 Å². The molecule has 0 fully saturated rings. The maximum atomic E-state index is 9.50. The molecule has 1 atom stereocenters. The first-order valence-electron chi connectivity index (χ1n) is 1.58. The summed E-state index contributed by atoms with van der Waals surface area (Å²) in [6.07, 6.45) is 1.56. The Hall–Kier alpha value is 0.553. The largest absolute Gasteiger partial charge is 0.328 e. The van der Waals surface area contributed by atoms with Crippen LogP contribution < -0.4 is 0 Å². The Balaban J connectivity index is 0.